The average molecular weight is 434 g/mol. The van der Waals surface area contributed by atoms with E-state index in [1.807, 2.05) is 18.2 Å². The highest BCUT2D eigenvalue weighted by atomic mass is 16.5. The van der Waals surface area contributed by atoms with Gasteiger partial charge in [-0.25, -0.2) is 4.79 Å². The van der Waals surface area contributed by atoms with Crippen LogP contribution in [0.15, 0.2) is 71.7 Å². The zero-order chi connectivity index (χ0) is 22.8. The summed E-state index contributed by atoms with van der Waals surface area (Å²) in [6.07, 6.45) is 4.79. The quantitative estimate of drug-likeness (QED) is 0.185. The molecule has 0 atom stereocenters. The maximum absolute atomic E-state index is 12.4. The van der Waals surface area contributed by atoms with Gasteiger partial charge in [0.2, 0.25) is 0 Å². The van der Waals surface area contributed by atoms with Crippen molar-refractivity contribution in [2.24, 2.45) is 4.99 Å². The Bertz CT molecular complexity index is 1060. The number of benzene rings is 3. The number of ether oxygens (including phenoxy) is 3. The number of aromatic hydroxyl groups is 1. The Morgan fingerprint density at radius 2 is 1.75 bits per heavy atom. The van der Waals surface area contributed by atoms with Crippen molar-refractivity contribution < 1.29 is 24.1 Å². The number of hydrogen-bond acceptors (Lipinski definition) is 6. The van der Waals surface area contributed by atoms with Gasteiger partial charge in [-0.15, -0.1) is 0 Å². The smallest absolute Gasteiger partial charge is 0.343 e. The van der Waals surface area contributed by atoms with Crippen LogP contribution < -0.4 is 14.2 Å². The van der Waals surface area contributed by atoms with Crippen LogP contribution in [-0.2, 0) is 0 Å². The number of hydrogen-bond donors (Lipinski definition) is 1. The zero-order valence-corrected chi connectivity index (χ0v) is 18.3. The van der Waals surface area contributed by atoms with Crippen molar-refractivity contribution in [1.29, 1.82) is 0 Å². The molecule has 3 aromatic rings. The van der Waals surface area contributed by atoms with Gasteiger partial charge in [-0.05, 0) is 55.0 Å². The summed E-state index contributed by atoms with van der Waals surface area (Å²) in [5.74, 6) is 1.02. The number of aliphatic imine (C=N–C) groups is 1. The first-order valence-electron chi connectivity index (χ1n) is 10.6. The van der Waals surface area contributed by atoms with Crippen molar-refractivity contribution in [3.8, 4) is 23.0 Å². The standard InChI is InChI=1S/C26H27NO5/c1-3-4-7-16-31-21-13-10-19(11-14-21)26(29)32-22-15-12-20(24(28)17-22)18-27-23-8-5-6-9-25(23)30-2/h5-6,8-15,17-18,28H,3-4,7,16H2,1-2H3. The van der Waals surface area contributed by atoms with Gasteiger partial charge in [-0.2, -0.15) is 0 Å². The second kappa shape index (κ2) is 11.6. The van der Waals surface area contributed by atoms with E-state index in [0.29, 0.717) is 34.9 Å². The molecular weight excluding hydrogens is 406 g/mol. The number of nitrogens with zero attached hydrogens (tertiary/aromatic N) is 1. The fraction of sp³-hybridized carbons (Fsp3) is 0.231. The molecular formula is C26H27NO5. The largest absolute Gasteiger partial charge is 0.507 e. The second-order valence-corrected chi connectivity index (χ2v) is 7.12. The molecule has 0 aliphatic carbocycles. The van der Waals surface area contributed by atoms with Crippen LogP contribution >= 0.6 is 0 Å². The summed E-state index contributed by atoms with van der Waals surface area (Å²) in [5, 5.41) is 10.3. The third kappa shape index (κ3) is 6.35. The Morgan fingerprint density at radius 3 is 2.47 bits per heavy atom. The number of phenolic OH excluding ortho intramolecular Hbond substituents is 1. The second-order valence-electron chi connectivity index (χ2n) is 7.12. The minimum Gasteiger partial charge on any atom is -0.507 e. The Morgan fingerprint density at radius 1 is 1.00 bits per heavy atom. The molecule has 0 radical (unpaired) electrons. The van der Waals surface area contributed by atoms with Crippen molar-refractivity contribution >= 4 is 17.9 Å². The van der Waals surface area contributed by atoms with Gasteiger partial charge in [-0.1, -0.05) is 31.9 Å². The topological polar surface area (TPSA) is 77.4 Å². The fourth-order valence-corrected chi connectivity index (χ4v) is 2.97. The Labute approximate surface area is 188 Å². The minimum atomic E-state index is -0.516. The van der Waals surface area contributed by atoms with E-state index in [1.54, 1.807) is 49.6 Å². The van der Waals surface area contributed by atoms with Gasteiger partial charge in [0.05, 0.1) is 19.3 Å². The predicted molar refractivity (Wildman–Crippen MR) is 125 cm³/mol. The van der Waals surface area contributed by atoms with Crippen molar-refractivity contribution in [3.63, 3.8) is 0 Å². The van der Waals surface area contributed by atoms with E-state index in [-0.39, 0.29) is 11.5 Å². The van der Waals surface area contributed by atoms with Gasteiger partial charge in [0.25, 0.3) is 0 Å². The summed E-state index contributed by atoms with van der Waals surface area (Å²) in [6.45, 7) is 2.80. The average Bonchev–Trinajstić information content (AvgIpc) is 2.82. The molecule has 32 heavy (non-hydrogen) atoms. The summed E-state index contributed by atoms with van der Waals surface area (Å²) in [5.41, 5.74) is 1.52. The Balaban J connectivity index is 1.61. The fourth-order valence-electron chi connectivity index (χ4n) is 2.97. The van der Waals surface area contributed by atoms with Gasteiger partial charge >= 0.3 is 5.97 Å². The van der Waals surface area contributed by atoms with E-state index in [0.717, 1.165) is 19.3 Å². The highest BCUT2D eigenvalue weighted by molar-refractivity contribution is 5.91. The summed E-state index contributed by atoms with van der Waals surface area (Å²) in [6, 6.07) is 18.7. The zero-order valence-electron chi connectivity index (χ0n) is 18.3. The first-order chi connectivity index (χ1) is 15.6. The summed E-state index contributed by atoms with van der Waals surface area (Å²) >= 11 is 0. The van der Waals surface area contributed by atoms with Gasteiger partial charge in [0.1, 0.15) is 28.7 Å². The lowest BCUT2D eigenvalue weighted by atomic mass is 10.2. The van der Waals surface area contributed by atoms with Crippen LogP contribution in [0.1, 0.15) is 42.1 Å². The molecule has 166 valence electrons. The first-order valence-corrected chi connectivity index (χ1v) is 10.6. The molecule has 0 aliphatic heterocycles. The van der Waals surface area contributed by atoms with Crippen molar-refractivity contribution in [2.75, 3.05) is 13.7 Å². The molecule has 0 amide bonds. The summed E-state index contributed by atoms with van der Waals surface area (Å²) in [7, 11) is 1.57. The molecule has 6 nitrogen and oxygen atoms in total. The number of unbranched alkanes of at least 4 members (excludes halogenated alkanes) is 2. The van der Waals surface area contributed by atoms with Gasteiger partial charge < -0.3 is 19.3 Å². The van der Waals surface area contributed by atoms with Gasteiger partial charge in [-0.3, -0.25) is 4.99 Å². The number of methoxy groups -OCH3 is 1. The molecule has 0 saturated heterocycles. The molecule has 0 saturated carbocycles. The molecule has 3 rings (SSSR count). The lowest BCUT2D eigenvalue weighted by Crippen LogP contribution is -2.08. The molecule has 6 heteroatoms. The lowest BCUT2D eigenvalue weighted by molar-refractivity contribution is 0.0734. The van der Waals surface area contributed by atoms with Gasteiger partial charge in [0, 0.05) is 17.8 Å². The van der Waals surface area contributed by atoms with Crippen LogP contribution in [0.4, 0.5) is 5.69 Å². The molecule has 1 N–H and O–H groups in total. The Kier molecular flexibility index (Phi) is 8.26. The normalized spacial score (nSPS) is 10.8. The Hall–Kier alpha value is -3.80. The summed E-state index contributed by atoms with van der Waals surface area (Å²) < 4.78 is 16.3. The molecule has 0 fully saturated rings. The number of esters is 1. The van der Waals surface area contributed by atoms with Crippen LogP contribution in [-0.4, -0.2) is 31.0 Å². The van der Waals surface area contributed by atoms with E-state index in [2.05, 4.69) is 11.9 Å². The SMILES string of the molecule is CCCCCOc1ccc(C(=O)Oc2ccc(C=Nc3ccccc3OC)c(O)c2)cc1. The number of para-hydroxylation sites is 2. The monoisotopic (exact) mass is 433 g/mol. The van der Waals surface area contributed by atoms with Crippen molar-refractivity contribution in [2.45, 2.75) is 26.2 Å². The van der Waals surface area contributed by atoms with E-state index in [1.165, 1.54) is 12.3 Å². The van der Waals surface area contributed by atoms with Crippen LogP contribution in [0.25, 0.3) is 0 Å². The van der Waals surface area contributed by atoms with Crippen molar-refractivity contribution in [1.82, 2.24) is 0 Å². The number of phenols is 1. The highest BCUT2D eigenvalue weighted by Crippen LogP contribution is 2.28. The highest BCUT2D eigenvalue weighted by Gasteiger charge is 2.11. The van der Waals surface area contributed by atoms with E-state index < -0.39 is 5.97 Å². The van der Waals surface area contributed by atoms with E-state index >= 15 is 0 Å². The third-order valence-electron chi connectivity index (χ3n) is 4.75. The molecule has 0 heterocycles. The van der Waals surface area contributed by atoms with Crippen LogP contribution in [0.3, 0.4) is 0 Å². The predicted octanol–water partition coefficient (Wildman–Crippen LogP) is 5.94. The van der Waals surface area contributed by atoms with Gasteiger partial charge in [0.15, 0.2) is 0 Å². The minimum absolute atomic E-state index is 0.0511. The third-order valence-corrected chi connectivity index (χ3v) is 4.75. The van der Waals surface area contributed by atoms with Crippen LogP contribution in [0.2, 0.25) is 0 Å². The maximum atomic E-state index is 12.4. The molecule has 0 aromatic heterocycles. The molecule has 0 bridgehead atoms. The first kappa shape index (κ1) is 22.9. The molecule has 3 aromatic carbocycles. The molecule has 0 spiro atoms. The number of rotatable bonds is 10. The van der Waals surface area contributed by atoms with E-state index in [4.69, 9.17) is 14.2 Å². The lowest BCUT2D eigenvalue weighted by Gasteiger charge is -2.08. The number of carbonyl (C=O) groups is 1. The summed E-state index contributed by atoms with van der Waals surface area (Å²) in [4.78, 5) is 16.8. The van der Waals surface area contributed by atoms with Crippen molar-refractivity contribution in [3.05, 3.63) is 77.9 Å². The van der Waals surface area contributed by atoms with E-state index in [9.17, 15) is 9.90 Å². The van der Waals surface area contributed by atoms with Crippen LogP contribution in [0.5, 0.6) is 23.0 Å². The molecule has 0 aliphatic rings. The molecule has 0 unspecified atom stereocenters. The maximum Gasteiger partial charge on any atom is 0.343 e. The number of carbonyl (C=O) groups excluding carboxylic acids is 1. The van der Waals surface area contributed by atoms with Crippen LogP contribution in [0, 0.1) is 0 Å².